The van der Waals surface area contributed by atoms with E-state index in [-0.39, 0.29) is 5.92 Å². The van der Waals surface area contributed by atoms with Gasteiger partial charge in [-0.3, -0.25) is 0 Å². The second-order valence-corrected chi connectivity index (χ2v) is 5.96. The fourth-order valence-electron chi connectivity index (χ4n) is 1.73. The highest BCUT2D eigenvalue weighted by molar-refractivity contribution is 9.10. The third-order valence-corrected chi connectivity index (χ3v) is 3.34. The molecule has 0 spiro atoms. The van der Waals surface area contributed by atoms with Crippen molar-refractivity contribution < 1.29 is 14.7 Å². The summed E-state index contributed by atoms with van der Waals surface area (Å²) >= 11 is 3.35. The highest BCUT2D eigenvalue weighted by atomic mass is 79.9. The molecule has 20 heavy (non-hydrogen) atoms. The normalized spacial score (nSPS) is 12.1. The Balaban J connectivity index is 2.68. The van der Waals surface area contributed by atoms with Gasteiger partial charge in [0.1, 0.15) is 6.04 Å². The van der Waals surface area contributed by atoms with Crippen molar-refractivity contribution in [2.45, 2.75) is 33.2 Å². The van der Waals surface area contributed by atoms with E-state index in [1.165, 1.54) is 0 Å². The summed E-state index contributed by atoms with van der Waals surface area (Å²) in [5, 5.41) is 14.2. The van der Waals surface area contributed by atoms with Crippen molar-refractivity contribution in [2.75, 3.05) is 5.32 Å². The smallest absolute Gasteiger partial charge is 0.326 e. The van der Waals surface area contributed by atoms with Gasteiger partial charge in [-0.1, -0.05) is 19.9 Å². The van der Waals surface area contributed by atoms with E-state index in [1.807, 2.05) is 32.9 Å². The Labute approximate surface area is 126 Å². The van der Waals surface area contributed by atoms with Crippen molar-refractivity contribution in [1.29, 1.82) is 0 Å². The number of carbonyl (C=O) groups is 2. The zero-order chi connectivity index (χ0) is 15.3. The second kappa shape index (κ2) is 7.28. The van der Waals surface area contributed by atoms with Gasteiger partial charge in [-0.15, -0.1) is 0 Å². The molecule has 5 nitrogen and oxygen atoms in total. The summed E-state index contributed by atoms with van der Waals surface area (Å²) in [5.41, 5.74) is 1.66. The molecule has 1 aromatic rings. The lowest BCUT2D eigenvalue weighted by atomic mass is 10.0. The van der Waals surface area contributed by atoms with Crippen LogP contribution < -0.4 is 10.6 Å². The Bertz CT molecular complexity index is 503. The van der Waals surface area contributed by atoms with Crippen LogP contribution in [0.1, 0.15) is 25.8 Å². The molecule has 0 aliphatic rings. The van der Waals surface area contributed by atoms with E-state index in [2.05, 4.69) is 26.6 Å². The van der Waals surface area contributed by atoms with Gasteiger partial charge in [0.15, 0.2) is 0 Å². The van der Waals surface area contributed by atoms with Crippen LogP contribution in [-0.2, 0) is 4.79 Å². The highest BCUT2D eigenvalue weighted by Crippen LogP contribution is 2.23. The summed E-state index contributed by atoms with van der Waals surface area (Å²) in [4.78, 5) is 22.9. The van der Waals surface area contributed by atoms with Crippen molar-refractivity contribution in [1.82, 2.24) is 5.32 Å². The van der Waals surface area contributed by atoms with Crippen LogP contribution >= 0.6 is 15.9 Å². The first-order valence-electron chi connectivity index (χ1n) is 6.36. The third-order valence-electron chi connectivity index (χ3n) is 2.68. The Morgan fingerprint density at radius 1 is 1.35 bits per heavy atom. The lowest BCUT2D eigenvalue weighted by Crippen LogP contribution is -2.43. The molecule has 0 bridgehead atoms. The summed E-state index contributed by atoms with van der Waals surface area (Å²) in [6.45, 7) is 5.76. The van der Waals surface area contributed by atoms with Crippen LogP contribution in [0.2, 0.25) is 0 Å². The molecular formula is C14H19BrN2O3. The first-order valence-corrected chi connectivity index (χ1v) is 7.15. The maximum Gasteiger partial charge on any atom is 0.326 e. The monoisotopic (exact) mass is 342 g/mol. The third kappa shape index (κ3) is 5.21. The number of carbonyl (C=O) groups excluding carboxylic acids is 1. The van der Waals surface area contributed by atoms with Gasteiger partial charge in [0, 0.05) is 4.47 Å². The fourth-order valence-corrected chi connectivity index (χ4v) is 2.32. The lowest BCUT2D eigenvalue weighted by molar-refractivity contribution is -0.139. The zero-order valence-electron chi connectivity index (χ0n) is 11.7. The first kappa shape index (κ1) is 16.5. The van der Waals surface area contributed by atoms with E-state index in [0.29, 0.717) is 12.1 Å². The molecule has 110 valence electrons. The minimum absolute atomic E-state index is 0.183. The van der Waals surface area contributed by atoms with Crippen molar-refractivity contribution in [2.24, 2.45) is 5.92 Å². The van der Waals surface area contributed by atoms with E-state index in [4.69, 9.17) is 5.11 Å². The maximum absolute atomic E-state index is 11.8. The van der Waals surface area contributed by atoms with Crippen LogP contribution in [0.4, 0.5) is 10.5 Å². The Morgan fingerprint density at radius 2 is 2.00 bits per heavy atom. The number of carboxylic acids is 1. The summed E-state index contributed by atoms with van der Waals surface area (Å²) in [5.74, 6) is -0.848. The van der Waals surface area contributed by atoms with Gasteiger partial charge >= 0.3 is 12.0 Å². The van der Waals surface area contributed by atoms with Crippen molar-refractivity contribution in [3.8, 4) is 0 Å². The molecule has 0 fully saturated rings. The number of rotatable bonds is 5. The molecular weight excluding hydrogens is 324 g/mol. The minimum atomic E-state index is -1.03. The topological polar surface area (TPSA) is 78.4 Å². The number of nitrogens with one attached hydrogen (secondary N) is 2. The molecule has 1 atom stereocenters. The average Bonchev–Trinajstić information content (AvgIpc) is 2.31. The highest BCUT2D eigenvalue weighted by Gasteiger charge is 2.21. The number of halogens is 1. The average molecular weight is 343 g/mol. The largest absolute Gasteiger partial charge is 0.480 e. The molecule has 1 rings (SSSR count). The maximum atomic E-state index is 11.8. The molecule has 0 unspecified atom stereocenters. The number of urea groups is 1. The number of benzene rings is 1. The number of hydrogen-bond acceptors (Lipinski definition) is 2. The Morgan fingerprint density at radius 3 is 2.50 bits per heavy atom. The zero-order valence-corrected chi connectivity index (χ0v) is 13.3. The molecule has 1 aromatic carbocycles. The number of hydrogen-bond donors (Lipinski definition) is 3. The van der Waals surface area contributed by atoms with E-state index in [1.54, 1.807) is 6.07 Å². The number of amides is 2. The van der Waals surface area contributed by atoms with Crippen LogP contribution in [0.25, 0.3) is 0 Å². The molecule has 0 radical (unpaired) electrons. The molecule has 0 aliphatic carbocycles. The predicted octanol–water partition coefficient (Wildman–Crippen LogP) is 3.38. The van der Waals surface area contributed by atoms with E-state index in [0.717, 1.165) is 10.0 Å². The molecule has 3 N–H and O–H groups in total. The van der Waals surface area contributed by atoms with Gasteiger partial charge in [-0.2, -0.15) is 0 Å². The molecule has 0 heterocycles. The molecule has 0 aliphatic heterocycles. The van der Waals surface area contributed by atoms with Crippen LogP contribution in [-0.4, -0.2) is 23.1 Å². The van der Waals surface area contributed by atoms with Crippen LogP contribution in [0.5, 0.6) is 0 Å². The molecule has 2 amide bonds. The standard InChI is InChI=1S/C14H19BrN2O3/c1-8(2)6-12(13(18)19)17-14(20)16-11-5-4-9(3)7-10(11)15/h4-5,7-8,12H,6H2,1-3H3,(H,18,19)(H2,16,17,20)/t12-/m1/s1. The van der Waals surface area contributed by atoms with Crippen LogP contribution in [0.15, 0.2) is 22.7 Å². The van der Waals surface area contributed by atoms with Gasteiger partial charge in [0.25, 0.3) is 0 Å². The SMILES string of the molecule is Cc1ccc(NC(=O)N[C@H](CC(C)C)C(=O)O)c(Br)c1. The van der Waals surface area contributed by atoms with Crippen molar-refractivity contribution in [3.63, 3.8) is 0 Å². The van der Waals surface area contributed by atoms with Crippen molar-refractivity contribution in [3.05, 3.63) is 28.2 Å². The number of aryl methyl sites for hydroxylation is 1. The molecule has 0 saturated heterocycles. The summed E-state index contributed by atoms with van der Waals surface area (Å²) in [6.07, 6.45) is 0.387. The van der Waals surface area contributed by atoms with Gasteiger partial charge in [-0.25, -0.2) is 9.59 Å². The molecule has 0 saturated carbocycles. The van der Waals surface area contributed by atoms with E-state index in [9.17, 15) is 9.59 Å². The van der Waals surface area contributed by atoms with Gasteiger partial charge in [-0.05, 0) is 52.9 Å². The predicted molar refractivity (Wildman–Crippen MR) is 81.9 cm³/mol. The quantitative estimate of drug-likeness (QED) is 0.767. The Kier molecular flexibility index (Phi) is 6.01. The van der Waals surface area contributed by atoms with Crippen molar-refractivity contribution >= 4 is 33.6 Å². The van der Waals surface area contributed by atoms with Gasteiger partial charge < -0.3 is 15.7 Å². The van der Waals surface area contributed by atoms with E-state index >= 15 is 0 Å². The fraction of sp³-hybridized carbons (Fsp3) is 0.429. The Hall–Kier alpha value is -1.56. The lowest BCUT2D eigenvalue weighted by Gasteiger charge is -2.17. The van der Waals surface area contributed by atoms with Gasteiger partial charge in [0.2, 0.25) is 0 Å². The second-order valence-electron chi connectivity index (χ2n) is 5.10. The number of aliphatic carboxylic acids is 1. The first-order chi connectivity index (χ1) is 9.29. The van der Waals surface area contributed by atoms with Gasteiger partial charge in [0.05, 0.1) is 5.69 Å². The van der Waals surface area contributed by atoms with Crippen LogP contribution in [0.3, 0.4) is 0 Å². The number of carboxylic acid groups (broad SMARTS) is 1. The summed E-state index contributed by atoms with van der Waals surface area (Å²) < 4.78 is 0.753. The minimum Gasteiger partial charge on any atom is -0.480 e. The summed E-state index contributed by atoms with van der Waals surface area (Å²) in [6, 6.07) is 4.08. The molecule has 0 aromatic heterocycles. The molecule has 6 heteroatoms. The summed E-state index contributed by atoms with van der Waals surface area (Å²) in [7, 11) is 0. The van der Waals surface area contributed by atoms with Crippen LogP contribution in [0, 0.1) is 12.8 Å². The van der Waals surface area contributed by atoms with E-state index < -0.39 is 18.0 Å². The number of anilines is 1.